The Morgan fingerprint density at radius 2 is 1.96 bits per heavy atom. The van der Waals surface area contributed by atoms with Crippen molar-refractivity contribution in [3.05, 3.63) is 10.2 Å². The van der Waals surface area contributed by atoms with E-state index in [-0.39, 0.29) is 12.1 Å². The summed E-state index contributed by atoms with van der Waals surface area (Å²) < 4.78 is 12.4. The second-order valence-electron chi connectivity index (χ2n) is 7.11. The Morgan fingerprint density at radius 1 is 1.30 bits per heavy atom. The first-order chi connectivity index (χ1) is 10.9. The minimum absolute atomic E-state index is 0.153. The van der Waals surface area contributed by atoms with E-state index >= 15 is 0 Å². The molecule has 0 amide bonds. The van der Waals surface area contributed by atoms with Crippen molar-refractivity contribution in [2.45, 2.75) is 66.3 Å². The number of esters is 1. The third kappa shape index (κ3) is 4.11. The Morgan fingerprint density at radius 3 is 2.52 bits per heavy atom. The highest BCUT2D eigenvalue weighted by atomic mass is 79.9. The zero-order chi connectivity index (χ0) is 17.1. The molecule has 1 heterocycles. The number of cyclic esters (lactones) is 1. The summed E-state index contributed by atoms with van der Waals surface area (Å²) in [7, 11) is 0. The van der Waals surface area contributed by atoms with Crippen LogP contribution in [0.2, 0.25) is 0 Å². The van der Waals surface area contributed by atoms with Crippen molar-refractivity contribution in [3.8, 4) is 0 Å². The molecule has 23 heavy (non-hydrogen) atoms. The highest BCUT2D eigenvalue weighted by Gasteiger charge is 2.41. The maximum absolute atomic E-state index is 12.0. The van der Waals surface area contributed by atoms with Gasteiger partial charge < -0.3 is 14.4 Å². The highest BCUT2D eigenvalue weighted by Crippen LogP contribution is 2.39. The summed E-state index contributed by atoms with van der Waals surface area (Å²) in [6.45, 7) is 12.6. The Kier molecular flexibility index (Phi) is 6.55. The molecule has 0 radical (unpaired) electrons. The van der Waals surface area contributed by atoms with Crippen LogP contribution in [0.5, 0.6) is 0 Å². The fraction of sp³-hybridized carbons (Fsp3) is 0.833. The molecule has 0 aromatic heterocycles. The average Bonchev–Trinajstić information content (AvgIpc) is 2.76. The van der Waals surface area contributed by atoms with Crippen molar-refractivity contribution in [2.75, 3.05) is 13.1 Å². The minimum Gasteiger partial charge on any atom is -0.426 e. The smallest absolute Gasteiger partial charge is 0.349 e. The average molecular weight is 388 g/mol. The lowest BCUT2D eigenvalue weighted by Gasteiger charge is -2.39. The lowest BCUT2D eigenvalue weighted by molar-refractivity contribution is -0.184. The van der Waals surface area contributed by atoms with Gasteiger partial charge in [0.2, 0.25) is 6.29 Å². The maximum atomic E-state index is 12.0. The first kappa shape index (κ1) is 18.8. The highest BCUT2D eigenvalue weighted by molar-refractivity contribution is 9.12. The summed E-state index contributed by atoms with van der Waals surface area (Å²) in [6.07, 6.45) is 3.07. The summed E-state index contributed by atoms with van der Waals surface area (Å²) >= 11 is 3.40. The minimum atomic E-state index is -0.576. The molecule has 1 aliphatic carbocycles. The first-order valence-corrected chi connectivity index (χ1v) is 9.69. The van der Waals surface area contributed by atoms with Crippen molar-refractivity contribution in [1.82, 2.24) is 4.90 Å². The molecular weight excluding hydrogens is 358 g/mol. The van der Waals surface area contributed by atoms with Crippen LogP contribution in [0.15, 0.2) is 10.2 Å². The fourth-order valence-electron chi connectivity index (χ4n) is 3.79. The van der Waals surface area contributed by atoms with Gasteiger partial charge in [0.05, 0.1) is 6.10 Å². The number of hydrogen-bond acceptors (Lipinski definition) is 4. The summed E-state index contributed by atoms with van der Waals surface area (Å²) in [4.78, 5) is 14.2. The van der Waals surface area contributed by atoms with Gasteiger partial charge in [0.15, 0.2) is 0 Å². The Hall–Kier alpha value is -0.550. The van der Waals surface area contributed by atoms with Crippen molar-refractivity contribution in [1.29, 1.82) is 0 Å². The molecule has 0 bridgehead atoms. The van der Waals surface area contributed by atoms with E-state index in [9.17, 15) is 4.79 Å². The zero-order valence-electron chi connectivity index (χ0n) is 15.0. The molecule has 1 fully saturated rings. The lowest BCUT2D eigenvalue weighted by Crippen LogP contribution is -2.40. The van der Waals surface area contributed by atoms with Gasteiger partial charge in [-0.2, -0.15) is 0 Å². The van der Waals surface area contributed by atoms with Crippen molar-refractivity contribution < 1.29 is 14.3 Å². The van der Waals surface area contributed by atoms with Gasteiger partial charge in [-0.3, -0.25) is 0 Å². The van der Waals surface area contributed by atoms with Crippen LogP contribution in [0.4, 0.5) is 0 Å². The van der Waals surface area contributed by atoms with Crippen LogP contribution >= 0.6 is 15.9 Å². The summed E-state index contributed by atoms with van der Waals surface area (Å²) in [5, 5.41) is 0. The fourth-order valence-corrected chi connectivity index (χ4v) is 4.32. The molecule has 4 atom stereocenters. The van der Waals surface area contributed by atoms with Gasteiger partial charge in [-0.05, 0) is 60.4 Å². The third-order valence-electron chi connectivity index (χ3n) is 5.21. The van der Waals surface area contributed by atoms with Crippen LogP contribution in [-0.4, -0.2) is 36.4 Å². The SMILES string of the molecule is CCN(CC)C1=C(Br)C(=O)O[C@@H]1OC1CC(C)CCC1C(C)C. The number of ether oxygens (including phenoxy) is 2. The van der Waals surface area contributed by atoms with Crippen LogP contribution < -0.4 is 0 Å². The number of carbonyl (C=O) groups is 1. The molecule has 0 saturated heterocycles. The summed E-state index contributed by atoms with van der Waals surface area (Å²) in [5.41, 5.74) is 0.848. The second kappa shape index (κ2) is 8.02. The summed E-state index contributed by atoms with van der Waals surface area (Å²) in [5.74, 6) is 1.45. The predicted molar refractivity (Wildman–Crippen MR) is 95.0 cm³/mol. The third-order valence-corrected chi connectivity index (χ3v) is 5.94. The molecule has 1 saturated carbocycles. The summed E-state index contributed by atoms with van der Waals surface area (Å²) in [6, 6.07) is 0. The molecule has 4 nitrogen and oxygen atoms in total. The number of likely N-dealkylation sites (N-methyl/N-ethyl adjacent to an activating group) is 1. The van der Waals surface area contributed by atoms with E-state index in [1.54, 1.807) is 0 Å². The maximum Gasteiger partial charge on any atom is 0.349 e. The largest absolute Gasteiger partial charge is 0.426 e. The van der Waals surface area contributed by atoms with Gasteiger partial charge in [0, 0.05) is 13.1 Å². The van der Waals surface area contributed by atoms with Gasteiger partial charge in [-0.15, -0.1) is 0 Å². The van der Waals surface area contributed by atoms with E-state index in [0.717, 1.165) is 25.2 Å². The number of halogens is 1. The number of rotatable bonds is 6. The van der Waals surface area contributed by atoms with Crippen LogP contribution in [0, 0.1) is 17.8 Å². The molecule has 132 valence electrons. The quantitative estimate of drug-likeness (QED) is 0.637. The molecule has 2 aliphatic rings. The molecule has 3 unspecified atom stereocenters. The van der Waals surface area contributed by atoms with Crippen LogP contribution in [0.25, 0.3) is 0 Å². The number of nitrogens with zero attached hydrogens (tertiary/aromatic N) is 1. The van der Waals surface area contributed by atoms with Crippen LogP contribution in [-0.2, 0) is 14.3 Å². The van der Waals surface area contributed by atoms with Crippen LogP contribution in [0.3, 0.4) is 0 Å². The molecule has 1 aliphatic heterocycles. The molecule has 0 spiro atoms. The van der Waals surface area contributed by atoms with E-state index in [0.29, 0.717) is 22.2 Å². The molecule has 0 N–H and O–H groups in total. The van der Waals surface area contributed by atoms with Gasteiger partial charge in [-0.25, -0.2) is 4.79 Å². The van der Waals surface area contributed by atoms with E-state index in [1.165, 1.54) is 12.8 Å². The Bertz CT molecular complexity index is 459. The normalized spacial score (nSPS) is 31.7. The molecular formula is C18H30BrNO3. The van der Waals surface area contributed by atoms with E-state index in [4.69, 9.17) is 9.47 Å². The van der Waals surface area contributed by atoms with Gasteiger partial charge >= 0.3 is 5.97 Å². The van der Waals surface area contributed by atoms with Gasteiger partial charge in [0.1, 0.15) is 10.2 Å². The zero-order valence-corrected chi connectivity index (χ0v) is 16.6. The molecule has 0 aromatic rings. The van der Waals surface area contributed by atoms with E-state index < -0.39 is 6.29 Å². The topological polar surface area (TPSA) is 38.8 Å². The van der Waals surface area contributed by atoms with Crippen LogP contribution in [0.1, 0.15) is 53.9 Å². The first-order valence-electron chi connectivity index (χ1n) is 8.89. The molecule has 2 rings (SSSR count). The number of carbonyl (C=O) groups excluding carboxylic acids is 1. The second-order valence-corrected chi connectivity index (χ2v) is 7.90. The van der Waals surface area contributed by atoms with Gasteiger partial charge in [-0.1, -0.05) is 27.2 Å². The van der Waals surface area contributed by atoms with Crippen molar-refractivity contribution >= 4 is 21.9 Å². The predicted octanol–water partition coefficient (Wildman–Crippen LogP) is 4.30. The van der Waals surface area contributed by atoms with E-state index in [1.807, 2.05) is 0 Å². The molecule has 0 aromatic carbocycles. The molecule has 5 heteroatoms. The Balaban J connectivity index is 2.18. The van der Waals surface area contributed by atoms with Gasteiger partial charge in [0.25, 0.3) is 0 Å². The lowest BCUT2D eigenvalue weighted by atomic mass is 9.75. The van der Waals surface area contributed by atoms with Crippen molar-refractivity contribution in [2.24, 2.45) is 17.8 Å². The Labute approximate surface area is 148 Å². The standard InChI is InChI=1S/C18H30BrNO3/c1-6-20(7-2)16-15(19)17(21)23-18(16)22-14-10-12(5)8-9-13(14)11(3)4/h11-14,18H,6-10H2,1-5H3/t12?,13?,14?,18-/m0/s1. The monoisotopic (exact) mass is 387 g/mol. The van der Waals surface area contributed by atoms with Crippen molar-refractivity contribution in [3.63, 3.8) is 0 Å². The van der Waals surface area contributed by atoms with E-state index in [2.05, 4.69) is 55.4 Å². The number of hydrogen-bond donors (Lipinski definition) is 0.